The second-order valence-corrected chi connectivity index (χ2v) is 6.08. The monoisotopic (exact) mass is 357 g/mol. The van der Waals surface area contributed by atoms with Gasteiger partial charge in [-0.05, 0) is 24.3 Å². The average molecular weight is 357 g/mol. The number of aromatic nitrogens is 2. The number of benzene rings is 1. The van der Waals surface area contributed by atoms with Crippen LogP contribution in [0.4, 0.5) is 17.5 Å². The van der Waals surface area contributed by atoms with Crippen molar-refractivity contribution < 1.29 is 14.3 Å². The number of methoxy groups -OCH3 is 1. The third-order valence-corrected chi connectivity index (χ3v) is 4.07. The molecule has 0 saturated carbocycles. The SMILES string of the molecule is COc1ccc(C(=O)Nc2cnc(N3CCOCC3)nc2N(C)C)cc1. The Labute approximate surface area is 152 Å². The summed E-state index contributed by atoms with van der Waals surface area (Å²) in [4.78, 5) is 25.5. The van der Waals surface area contributed by atoms with E-state index in [-0.39, 0.29) is 5.91 Å². The summed E-state index contributed by atoms with van der Waals surface area (Å²) in [5.41, 5.74) is 1.10. The van der Waals surface area contributed by atoms with Crippen molar-refractivity contribution in [1.29, 1.82) is 0 Å². The van der Waals surface area contributed by atoms with Gasteiger partial charge in [-0.25, -0.2) is 4.98 Å². The Balaban J connectivity index is 1.80. The molecule has 8 nitrogen and oxygen atoms in total. The molecule has 0 unspecified atom stereocenters. The number of rotatable bonds is 5. The Kier molecular flexibility index (Phi) is 5.52. The predicted molar refractivity (Wildman–Crippen MR) is 100 cm³/mol. The summed E-state index contributed by atoms with van der Waals surface area (Å²) in [6.45, 7) is 2.84. The summed E-state index contributed by atoms with van der Waals surface area (Å²) in [7, 11) is 5.36. The number of nitrogens with zero attached hydrogens (tertiary/aromatic N) is 4. The highest BCUT2D eigenvalue weighted by Crippen LogP contribution is 2.25. The number of anilines is 3. The van der Waals surface area contributed by atoms with Crippen LogP contribution in [0.2, 0.25) is 0 Å². The van der Waals surface area contributed by atoms with Crippen molar-refractivity contribution in [3.8, 4) is 5.75 Å². The average Bonchev–Trinajstić information content (AvgIpc) is 2.68. The fourth-order valence-corrected chi connectivity index (χ4v) is 2.65. The van der Waals surface area contributed by atoms with E-state index in [0.29, 0.717) is 42.0 Å². The molecule has 0 spiro atoms. The lowest BCUT2D eigenvalue weighted by Gasteiger charge is -2.28. The molecule has 1 N–H and O–H groups in total. The predicted octanol–water partition coefficient (Wildman–Crippen LogP) is 1.64. The van der Waals surface area contributed by atoms with Crippen LogP contribution in [0.3, 0.4) is 0 Å². The van der Waals surface area contributed by atoms with Crippen LogP contribution in [0, 0.1) is 0 Å². The van der Waals surface area contributed by atoms with E-state index in [1.807, 2.05) is 19.0 Å². The fourth-order valence-electron chi connectivity index (χ4n) is 2.65. The van der Waals surface area contributed by atoms with Crippen molar-refractivity contribution in [2.45, 2.75) is 0 Å². The van der Waals surface area contributed by atoms with E-state index in [1.165, 1.54) is 0 Å². The Bertz CT molecular complexity index is 758. The van der Waals surface area contributed by atoms with Crippen LogP contribution in [-0.4, -0.2) is 63.4 Å². The molecule has 1 amide bonds. The highest BCUT2D eigenvalue weighted by atomic mass is 16.5. The van der Waals surface area contributed by atoms with Crippen molar-refractivity contribution >= 4 is 23.4 Å². The third-order valence-electron chi connectivity index (χ3n) is 4.07. The molecular formula is C18H23N5O3. The van der Waals surface area contributed by atoms with Crippen LogP contribution in [0.25, 0.3) is 0 Å². The quantitative estimate of drug-likeness (QED) is 0.871. The zero-order valence-corrected chi connectivity index (χ0v) is 15.2. The number of hydrogen-bond donors (Lipinski definition) is 1. The standard InChI is InChI=1S/C18H23N5O3/c1-22(2)16-15(12-19-18(21-16)23-8-10-26-11-9-23)20-17(24)13-4-6-14(25-3)7-5-13/h4-7,12H,8-11H2,1-3H3,(H,20,24). The van der Waals surface area contributed by atoms with E-state index < -0.39 is 0 Å². The zero-order valence-electron chi connectivity index (χ0n) is 15.2. The maximum atomic E-state index is 12.5. The van der Waals surface area contributed by atoms with E-state index in [2.05, 4.69) is 20.2 Å². The third kappa shape index (κ3) is 4.02. The number of morpholine rings is 1. The first-order chi connectivity index (χ1) is 12.6. The molecule has 0 aliphatic carbocycles. The van der Waals surface area contributed by atoms with Gasteiger partial charge in [0.05, 0.1) is 26.5 Å². The molecule has 3 rings (SSSR count). The van der Waals surface area contributed by atoms with Gasteiger partial charge in [0.25, 0.3) is 5.91 Å². The largest absolute Gasteiger partial charge is 0.497 e. The molecule has 1 aliphatic heterocycles. The van der Waals surface area contributed by atoms with Crippen molar-refractivity contribution in [2.75, 3.05) is 62.6 Å². The zero-order chi connectivity index (χ0) is 18.5. The van der Waals surface area contributed by atoms with Crippen LogP contribution < -0.4 is 19.9 Å². The molecule has 0 bridgehead atoms. The van der Waals surface area contributed by atoms with Crippen molar-refractivity contribution in [1.82, 2.24) is 9.97 Å². The first kappa shape index (κ1) is 17.9. The summed E-state index contributed by atoms with van der Waals surface area (Å²) in [5.74, 6) is 1.77. The van der Waals surface area contributed by atoms with Gasteiger partial charge in [-0.15, -0.1) is 0 Å². The molecule has 1 saturated heterocycles. The van der Waals surface area contributed by atoms with Gasteiger partial charge >= 0.3 is 0 Å². The molecule has 8 heteroatoms. The van der Waals surface area contributed by atoms with Crippen LogP contribution in [0.15, 0.2) is 30.5 Å². The summed E-state index contributed by atoms with van der Waals surface area (Å²) in [6, 6.07) is 6.93. The highest BCUT2D eigenvalue weighted by molar-refractivity contribution is 6.05. The number of amides is 1. The fraction of sp³-hybridized carbons (Fsp3) is 0.389. The lowest BCUT2D eigenvalue weighted by Crippen LogP contribution is -2.37. The normalized spacial score (nSPS) is 14.0. The van der Waals surface area contributed by atoms with Crippen LogP contribution in [0.5, 0.6) is 5.75 Å². The minimum Gasteiger partial charge on any atom is -0.497 e. The number of nitrogens with one attached hydrogen (secondary N) is 1. The highest BCUT2D eigenvalue weighted by Gasteiger charge is 2.18. The number of ether oxygens (including phenoxy) is 2. The molecule has 138 valence electrons. The Hall–Kier alpha value is -2.87. The summed E-state index contributed by atoms with van der Waals surface area (Å²) >= 11 is 0. The van der Waals surface area contributed by atoms with E-state index in [9.17, 15) is 4.79 Å². The van der Waals surface area contributed by atoms with Gasteiger partial charge in [0.2, 0.25) is 5.95 Å². The smallest absolute Gasteiger partial charge is 0.255 e. The second-order valence-electron chi connectivity index (χ2n) is 6.08. The first-order valence-electron chi connectivity index (χ1n) is 8.41. The minimum atomic E-state index is -0.224. The molecule has 0 atom stereocenters. The van der Waals surface area contributed by atoms with Gasteiger partial charge in [0.15, 0.2) is 5.82 Å². The lowest BCUT2D eigenvalue weighted by atomic mass is 10.2. The maximum absolute atomic E-state index is 12.5. The molecule has 1 aromatic carbocycles. The maximum Gasteiger partial charge on any atom is 0.255 e. The van der Waals surface area contributed by atoms with E-state index in [1.54, 1.807) is 37.6 Å². The van der Waals surface area contributed by atoms with Gasteiger partial charge in [0, 0.05) is 32.7 Å². The second kappa shape index (κ2) is 8.01. The topological polar surface area (TPSA) is 79.8 Å². The number of carbonyl (C=O) groups excluding carboxylic acids is 1. The molecule has 1 aliphatic rings. The molecule has 2 aromatic rings. The Morgan fingerprint density at radius 2 is 1.92 bits per heavy atom. The molecular weight excluding hydrogens is 334 g/mol. The van der Waals surface area contributed by atoms with Crippen molar-refractivity contribution in [3.63, 3.8) is 0 Å². The summed E-state index contributed by atoms with van der Waals surface area (Å²) in [5, 5.41) is 2.89. The molecule has 1 fully saturated rings. The van der Waals surface area contributed by atoms with Gasteiger partial charge in [0.1, 0.15) is 11.4 Å². The summed E-state index contributed by atoms with van der Waals surface area (Å²) in [6.07, 6.45) is 1.65. The first-order valence-corrected chi connectivity index (χ1v) is 8.41. The molecule has 1 aromatic heterocycles. The van der Waals surface area contributed by atoms with E-state index >= 15 is 0 Å². The van der Waals surface area contributed by atoms with Gasteiger partial charge in [-0.2, -0.15) is 4.98 Å². The molecule has 26 heavy (non-hydrogen) atoms. The van der Waals surface area contributed by atoms with E-state index in [4.69, 9.17) is 9.47 Å². The molecule has 0 radical (unpaired) electrons. The van der Waals surface area contributed by atoms with Crippen LogP contribution in [-0.2, 0) is 4.74 Å². The van der Waals surface area contributed by atoms with Gasteiger partial charge < -0.3 is 24.6 Å². The van der Waals surface area contributed by atoms with Gasteiger partial charge in [-0.1, -0.05) is 0 Å². The number of carbonyl (C=O) groups is 1. The van der Waals surface area contributed by atoms with Crippen LogP contribution in [0.1, 0.15) is 10.4 Å². The summed E-state index contributed by atoms with van der Waals surface area (Å²) < 4.78 is 10.5. The lowest BCUT2D eigenvalue weighted by molar-refractivity contribution is 0.102. The Morgan fingerprint density at radius 1 is 1.23 bits per heavy atom. The minimum absolute atomic E-state index is 0.224. The van der Waals surface area contributed by atoms with Gasteiger partial charge in [-0.3, -0.25) is 4.79 Å². The molecule has 2 heterocycles. The Morgan fingerprint density at radius 3 is 2.54 bits per heavy atom. The van der Waals surface area contributed by atoms with Crippen LogP contribution >= 0.6 is 0 Å². The van der Waals surface area contributed by atoms with Crippen molar-refractivity contribution in [2.24, 2.45) is 0 Å². The van der Waals surface area contributed by atoms with Crippen molar-refractivity contribution in [3.05, 3.63) is 36.0 Å². The number of hydrogen-bond acceptors (Lipinski definition) is 7. The van der Waals surface area contributed by atoms with E-state index in [0.717, 1.165) is 13.1 Å².